The molecule has 1 amide bonds. The molecule has 0 heterocycles. The van der Waals surface area contributed by atoms with Crippen LogP contribution in [0.2, 0.25) is 5.02 Å². The van der Waals surface area contributed by atoms with Gasteiger partial charge in [-0.2, -0.15) is 0 Å². The first-order valence-electron chi connectivity index (χ1n) is 5.09. The number of nitrogens with zero attached hydrogens (tertiary/aromatic N) is 1. The van der Waals surface area contributed by atoms with Gasteiger partial charge in [0.2, 0.25) is 6.10 Å². The second-order valence-electron chi connectivity index (χ2n) is 3.44. The van der Waals surface area contributed by atoms with Crippen molar-refractivity contribution in [1.82, 2.24) is 5.43 Å². The topological polar surface area (TPSA) is 117 Å². The molecule has 9 heteroatoms. The lowest BCUT2D eigenvalue weighted by Crippen LogP contribution is -2.44. The van der Waals surface area contributed by atoms with E-state index in [0.29, 0.717) is 0 Å². The van der Waals surface area contributed by atoms with E-state index < -0.39 is 16.9 Å². The van der Waals surface area contributed by atoms with Crippen LogP contribution in [0.15, 0.2) is 18.2 Å². The zero-order valence-corrected chi connectivity index (χ0v) is 10.7. The van der Waals surface area contributed by atoms with Gasteiger partial charge in [0.05, 0.1) is 16.6 Å². The molecule has 0 saturated heterocycles. The van der Waals surface area contributed by atoms with E-state index >= 15 is 0 Å². The first-order valence-corrected chi connectivity index (χ1v) is 5.47. The number of ether oxygens (including phenoxy) is 2. The standard InChI is InChI=1S/C10H12ClN3O5/c1-18-5-9(10(15)13-12)19-8-3-2-6(14(16)17)4-7(8)11/h2-4,9H,5,12H2,1H3,(H,13,15). The summed E-state index contributed by atoms with van der Waals surface area (Å²) in [5, 5.41) is 10.6. The molecule has 1 aromatic carbocycles. The van der Waals surface area contributed by atoms with Crippen LogP contribution < -0.4 is 16.0 Å². The second-order valence-corrected chi connectivity index (χ2v) is 3.85. The number of nitrogens with two attached hydrogens (primary N) is 1. The van der Waals surface area contributed by atoms with Crippen molar-refractivity contribution >= 4 is 23.2 Å². The monoisotopic (exact) mass is 289 g/mol. The highest BCUT2D eigenvalue weighted by molar-refractivity contribution is 6.32. The van der Waals surface area contributed by atoms with Crippen LogP contribution >= 0.6 is 11.6 Å². The van der Waals surface area contributed by atoms with Gasteiger partial charge in [-0.25, -0.2) is 5.84 Å². The summed E-state index contributed by atoms with van der Waals surface area (Å²) in [6.07, 6.45) is -1.01. The maximum Gasteiger partial charge on any atom is 0.277 e. The van der Waals surface area contributed by atoms with E-state index in [1.165, 1.54) is 19.2 Å². The Morgan fingerprint density at radius 2 is 2.32 bits per heavy atom. The summed E-state index contributed by atoms with van der Waals surface area (Å²) in [5.41, 5.74) is 1.75. The molecule has 0 spiro atoms. The zero-order valence-electron chi connectivity index (χ0n) is 9.96. The number of nitro benzene ring substituents is 1. The Morgan fingerprint density at radius 3 is 2.79 bits per heavy atom. The Kier molecular flexibility index (Phi) is 5.49. The van der Waals surface area contributed by atoms with Crippen LogP contribution in [0, 0.1) is 10.1 Å². The fourth-order valence-corrected chi connectivity index (χ4v) is 1.48. The van der Waals surface area contributed by atoms with Crippen LogP contribution in [-0.2, 0) is 9.53 Å². The van der Waals surface area contributed by atoms with Gasteiger partial charge in [0, 0.05) is 19.2 Å². The van der Waals surface area contributed by atoms with Crippen molar-refractivity contribution in [2.45, 2.75) is 6.10 Å². The van der Waals surface area contributed by atoms with E-state index in [9.17, 15) is 14.9 Å². The summed E-state index contributed by atoms with van der Waals surface area (Å²) < 4.78 is 10.1. The number of rotatable bonds is 6. The molecule has 0 bridgehead atoms. The van der Waals surface area contributed by atoms with E-state index in [1.54, 1.807) is 0 Å². The normalized spacial score (nSPS) is 11.7. The van der Waals surface area contributed by atoms with Gasteiger partial charge in [0.25, 0.3) is 11.6 Å². The van der Waals surface area contributed by atoms with E-state index in [0.717, 1.165) is 6.07 Å². The van der Waals surface area contributed by atoms with Crippen molar-refractivity contribution in [3.05, 3.63) is 33.3 Å². The quantitative estimate of drug-likeness (QED) is 0.343. The maximum atomic E-state index is 11.4. The zero-order chi connectivity index (χ0) is 14.4. The molecule has 104 valence electrons. The number of hydrogen-bond acceptors (Lipinski definition) is 6. The predicted molar refractivity (Wildman–Crippen MR) is 66.7 cm³/mol. The molecular weight excluding hydrogens is 278 g/mol. The molecule has 8 nitrogen and oxygen atoms in total. The van der Waals surface area contributed by atoms with Crippen molar-refractivity contribution < 1.29 is 19.2 Å². The van der Waals surface area contributed by atoms with Crippen molar-refractivity contribution in [2.24, 2.45) is 5.84 Å². The number of nitrogens with one attached hydrogen (secondary N) is 1. The van der Waals surface area contributed by atoms with E-state index in [-0.39, 0.29) is 23.1 Å². The Morgan fingerprint density at radius 1 is 1.63 bits per heavy atom. The maximum absolute atomic E-state index is 11.4. The molecule has 3 N–H and O–H groups in total. The highest BCUT2D eigenvalue weighted by atomic mass is 35.5. The molecule has 0 aromatic heterocycles. The summed E-state index contributed by atoms with van der Waals surface area (Å²) >= 11 is 5.83. The number of benzene rings is 1. The number of carbonyl (C=O) groups excluding carboxylic acids is 1. The largest absolute Gasteiger partial charge is 0.477 e. The van der Waals surface area contributed by atoms with Gasteiger partial charge in [0.15, 0.2) is 0 Å². The Labute approximate surface area is 113 Å². The third kappa shape index (κ3) is 4.05. The number of methoxy groups -OCH3 is 1. The van der Waals surface area contributed by atoms with Crippen molar-refractivity contribution in [1.29, 1.82) is 0 Å². The minimum absolute atomic E-state index is 0.0140. The lowest BCUT2D eigenvalue weighted by molar-refractivity contribution is -0.384. The number of amides is 1. The molecule has 1 aromatic rings. The molecule has 0 saturated carbocycles. The van der Waals surface area contributed by atoms with Crippen LogP contribution in [0.25, 0.3) is 0 Å². The SMILES string of the molecule is COCC(Oc1ccc([N+](=O)[O-])cc1Cl)C(=O)NN. The van der Waals surface area contributed by atoms with Gasteiger partial charge in [0.1, 0.15) is 5.75 Å². The highest BCUT2D eigenvalue weighted by Crippen LogP contribution is 2.29. The fraction of sp³-hybridized carbons (Fsp3) is 0.300. The molecule has 0 aliphatic heterocycles. The Bertz CT molecular complexity index is 482. The average molecular weight is 290 g/mol. The molecule has 0 fully saturated rings. The molecular formula is C10H12ClN3O5. The van der Waals surface area contributed by atoms with Crippen LogP contribution in [0.1, 0.15) is 0 Å². The molecule has 19 heavy (non-hydrogen) atoms. The third-order valence-electron chi connectivity index (χ3n) is 2.15. The van der Waals surface area contributed by atoms with Crippen molar-refractivity contribution in [3.8, 4) is 5.75 Å². The number of carbonyl (C=O) groups is 1. The number of hydrazine groups is 1. The van der Waals surface area contributed by atoms with Gasteiger partial charge in [-0.1, -0.05) is 11.6 Å². The molecule has 1 unspecified atom stereocenters. The van der Waals surface area contributed by atoms with Gasteiger partial charge in [-0.3, -0.25) is 20.3 Å². The first kappa shape index (κ1) is 15.2. The van der Waals surface area contributed by atoms with Gasteiger partial charge in [-0.15, -0.1) is 0 Å². The van der Waals surface area contributed by atoms with E-state index in [2.05, 4.69) is 0 Å². The van der Waals surface area contributed by atoms with Gasteiger partial charge < -0.3 is 9.47 Å². The van der Waals surface area contributed by atoms with Crippen LogP contribution in [0.5, 0.6) is 5.75 Å². The number of hydrogen-bond donors (Lipinski definition) is 2. The number of nitro groups is 1. The van der Waals surface area contributed by atoms with Crippen molar-refractivity contribution in [3.63, 3.8) is 0 Å². The molecule has 1 rings (SSSR count). The lowest BCUT2D eigenvalue weighted by Gasteiger charge is -2.17. The van der Waals surface area contributed by atoms with Gasteiger partial charge in [-0.05, 0) is 6.07 Å². The number of non-ortho nitro benzene ring substituents is 1. The molecule has 0 radical (unpaired) electrons. The summed E-state index contributed by atoms with van der Waals surface area (Å²) in [5.74, 6) is 4.52. The van der Waals surface area contributed by atoms with E-state index in [4.69, 9.17) is 26.9 Å². The highest BCUT2D eigenvalue weighted by Gasteiger charge is 2.21. The van der Waals surface area contributed by atoms with Gasteiger partial charge >= 0.3 is 0 Å². The molecule has 1 atom stereocenters. The summed E-state index contributed by atoms with van der Waals surface area (Å²) in [7, 11) is 1.39. The smallest absolute Gasteiger partial charge is 0.277 e. The minimum Gasteiger partial charge on any atom is -0.477 e. The third-order valence-corrected chi connectivity index (χ3v) is 2.44. The average Bonchev–Trinajstić information content (AvgIpc) is 2.39. The summed E-state index contributed by atoms with van der Waals surface area (Å²) in [6, 6.07) is 3.64. The molecule has 0 aliphatic carbocycles. The number of halogens is 1. The summed E-state index contributed by atoms with van der Waals surface area (Å²) in [6.45, 7) is -0.0453. The summed E-state index contributed by atoms with van der Waals surface area (Å²) in [4.78, 5) is 21.4. The van der Waals surface area contributed by atoms with Crippen LogP contribution in [-0.4, -0.2) is 30.7 Å². The minimum atomic E-state index is -1.01. The van der Waals surface area contributed by atoms with Crippen LogP contribution in [0.3, 0.4) is 0 Å². The van der Waals surface area contributed by atoms with Crippen LogP contribution in [0.4, 0.5) is 5.69 Å². The lowest BCUT2D eigenvalue weighted by atomic mass is 10.3. The second kappa shape index (κ2) is 6.88. The van der Waals surface area contributed by atoms with Crippen molar-refractivity contribution in [2.75, 3.05) is 13.7 Å². The fourth-order valence-electron chi connectivity index (χ4n) is 1.26. The predicted octanol–water partition coefficient (Wildman–Crippen LogP) is 0.632. The Balaban J connectivity index is 2.90. The Hall–Kier alpha value is -1.90. The first-order chi connectivity index (χ1) is 8.99. The van der Waals surface area contributed by atoms with E-state index in [1.807, 2.05) is 5.43 Å². The molecule has 0 aliphatic rings.